The van der Waals surface area contributed by atoms with Gasteiger partial charge in [0.15, 0.2) is 5.82 Å². The number of tetrazole rings is 1. The Morgan fingerprint density at radius 1 is 1.17 bits per heavy atom. The quantitative estimate of drug-likeness (QED) is 0.613. The highest BCUT2D eigenvalue weighted by Crippen LogP contribution is 2.32. The van der Waals surface area contributed by atoms with Gasteiger partial charge in [0.25, 0.3) is 0 Å². The van der Waals surface area contributed by atoms with Crippen LogP contribution >= 0.6 is 0 Å². The number of hydrogen-bond acceptors (Lipinski definition) is 6. The Bertz CT molecular complexity index is 789. The van der Waals surface area contributed by atoms with Crippen molar-refractivity contribution in [2.24, 2.45) is 0 Å². The van der Waals surface area contributed by atoms with E-state index in [0.29, 0.717) is 31.9 Å². The highest BCUT2D eigenvalue weighted by atomic mass is 19.4. The van der Waals surface area contributed by atoms with Crippen LogP contribution in [0, 0.1) is 0 Å². The molecular weight excluding hydrogens is 397 g/mol. The maximum absolute atomic E-state index is 13.0. The van der Waals surface area contributed by atoms with E-state index in [1.807, 2.05) is 4.90 Å². The summed E-state index contributed by atoms with van der Waals surface area (Å²) >= 11 is 0. The lowest BCUT2D eigenvalue weighted by molar-refractivity contribution is -0.137. The third-order valence-corrected chi connectivity index (χ3v) is 5.49. The third-order valence-electron chi connectivity index (χ3n) is 5.49. The van der Waals surface area contributed by atoms with Gasteiger partial charge in [-0.1, -0.05) is 25.8 Å². The fourth-order valence-electron chi connectivity index (χ4n) is 3.83. The topological polar surface area (TPSA) is 59.3 Å². The molecule has 30 heavy (non-hydrogen) atoms. The van der Waals surface area contributed by atoms with Gasteiger partial charge in [-0.25, -0.2) is 4.68 Å². The molecule has 166 valence electrons. The number of anilines is 1. The molecule has 0 radical (unpaired) electrons. The van der Waals surface area contributed by atoms with Crippen LogP contribution in [0.5, 0.6) is 0 Å². The Balaban J connectivity index is 1.70. The lowest BCUT2D eigenvalue weighted by Gasteiger charge is -2.40. The number of rotatable bonds is 9. The van der Waals surface area contributed by atoms with E-state index in [1.54, 1.807) is 17.9 Å². The van der Waals surface area contributed by atoms with Gasteiger partial charge in [0.05, 0.1) is 24.8 Å². The number of aromatic nitrogens is 4. The van der Waals surface area contributed by atoms with Crippen LogP contribution in [0.3, 0.4) is 0 Å². The minimum Gasteiger partial charge on any atom is -0.383 e. The molecule has 0 N–H and O–H groups in total. The van der Waals surface area contributed by atoms with E-state index in [9.17, 15) is 13.2 Å². The molecule has 1 atom stereocenters. The molecule has 2 aromatic rings. The number of ether oxygens (including phenoxy) is 1. The van der Waals surface area contributed by atoms with Crippen LogP contribution in [0.15, 0.2) is 24.3 Å². The Morgan fingerprint density at radius 3 is 2.60 bits per heavy atom. The number of nitrogens with zero attached hydrogens (tertiary/aromatic N) is 6. The van der Waals surface area contributed by atoms with Gasteiger partial charge in [-0.15, -0.1) is 5.10 Å². The summed E-state index contributed by atoms with van der Waals surface area (Å²) in [6, 6.07) is 5.64. The molecule has 0 saturated carbocycles. The second kappa shape index (κ2) is 10.2. The first-order valence-electron chi connectivity index (χ1n) is 10.3. The van der Waals surface area contributed by atoms with Gasteiger partial charge in [0.1, 0.15) is 0 Å². The maximum Gasteiger partial charge on any atom is 0.416 e. The minimum absolute atomic E-state index is 0.0838. The van der Waals surface area contributed by atoms with Crippen LogP contribution in [-0.2, 0) is 17.5 Å². The lowest BCUT2D eigenvalue weighted by atomic mass is 10.1. The molecule has 0 aliphatic carbocycles. The van der Waals surface area contributed by atoms with E-state index in [0.717, 1.165) is 44.2 Å². The van der Waals surface area contributed by atoms with Crippen molar-refractivity contribution in [2.75, 3.05) is 44.8 Å². The molecule has 1 aromatic carbocycles. The Kier molecular flexibility index (Phi) is 7.65. The lowest BCUT2D eigenvalue weighted by Crippen LogP contribution is -2.48. The number of piperazine rings is 1. The zero-order chi connectivity index (χ0) is 21.6. The van der Waals surface area contributed by atoms with Gasteiger partial charge < -0.3 is 9.64 Å². The number of benzene rings is 1. The molecule has 1 aliphatic rings. The van der Waals surface area contributed by atoms with Gasteiger partial charge in [-0.05, 0) is 35.0 Å². The Labute approximate surface area is 174 Å². The number of unbranched alkanes of at least 4 members (excludes halogenated alkanes) is 1. The first-order valence-corrected chi connectivity index (χ1v) is 10.3. The second-order valence-corrected chi connectivity index (χ2v) is 7.48. The van der Waals surface area contributed by atoms with Gasteiger partial charge in [0.2, 0.25) is 0 Å². The first-order chi connectivity index (χ1) is 14.4. The molecule has 1 aromatic heterocycles. The van der Waals surface area contributed by atoms with Crippen molar-refractivity contribution in [1.29, 1.82) is 0 Å². The molecular formula is C20H29F3N6O. The molecule has 7 nitrogen and oxygen atoms in total. The van der Waals surface area contributed by atoms with E-state index in [2.05, 4.69) is 27.3 Å². The van der Waals surface area contributed by atoms with Crippen LogP contribution < -0.4 is 4.90 Å². The van der Waals surface area contributed by atoms with Crippen molar-refractivity contribution in [3.63, 3.8) is 0 Å². The zero-order valence-electron chi connectivity index (χ0n) is 17.5. The van der Waals surface area contributed by atoms with Gasteiger partial charge in [-0.2, -0.15) is 13.2 Å². The molecule has 0 amide bonds. The summed E-state index contributed by atoms with van der Waals surface area (Å²) in [5, 5.41) is 12.2. The first kappa shape index (κ1) is 22.5. The smallest absolute Gasteiger partial charge is 0.383 e. The normalized spacial score (nSPS) is 16.8. The van der Waals surface area contributed by atoms with Gasteiger partial charge in [0, 0.05) is 39.0 Å². The van der Waals surface area contributed by atoms with Crippen molar-refractivity contribution in [1.82, 2.24) is 25.1 Å². The monoisotopic (exact) mass is 426 g/mol. The van der Waals surface area contributed by atoms with Gasteiger partial charge >= 0.3 is 6.18 Å². The van der Waals surface area contributed by atoms with Crippen LogP contribution in [0.1, 0.15) is 43.6 Å². The molecule has 0 bridgehead atoms. The predicted molar refractivity (Wildman–Crippen MR) is 107 cm³/mol. The van der Waals surface area contributed by atoms with E-state index >= 15 is 0 Å². The standard InChI is InChI=1S/C20H29F3N6O/c1-3-4-8-18(19-24-25-26-29(19)13-14-30-2)28-11-9-27(10-12-28)17-7-5-6-16(15-17)20(21,22)23/h5-7,15,18H,3-4,8-14H2,1-2H3. The molecule has 1 saturated heterocycles. The largest absolute Gasteiger partial charge is 0.416 e. The Morgan fingerprint density at radius 2 is 1.93 bits per heavy atom. The SMILES string of the molecule is CCCCC(c1nnnn1CCOC)N1CCN(c2cccc(C(F)(F)F)c2)CC1. The molecule has 10 heteroatoms. The second-order valence-electron chi connectivity index (χ2n) is 7.48. The van der Waals surface area contributed by atoms with Crippen LogP contribution in [0.4, 0.5) is 18.9 Å². The number of methoxy groups -OCH3 is 1. The maximum atomic E-state index is 13.0. The fourth-order valence-corrected chi connectivity index (χ4v) is 3.83. The minimum atomic E-state index is -4.33. The summed E-state index contributed by atoms with van der Waals surface area (Å²) in [6.07, 6.45) is -1.27. The van der Waals surface area contributed by atoms with E-state index in [4.69, 9.17) is 4.74 Å². The van der Waals surface area contributed by atoms with Crippen LogP contribution in [0.2, 0.25) is 0 Å². The van der Waals surface area contributed by atoms with E-state index < -0.39 is 11.7 Å². The van der Waals surface area contributed by atoms with E-state index in [-0.39, 0.29) is 6.04 Å². The molecule has 1 fully saturated rings. The molecule has 2 heterocycles. The van der Waals surface area contributed by atoms with E-state index in [1.165, 1.54) is 12.1 Å². The number of hydrogen-bond donors (Lipinski definition) is 0. The zero-order valence-corrected chi connectivity index (χ0v) is 17.5. The molecule has 3 rings (SSSR count). The summed E-state index contributed by atoms with van der Waals surface area (Å²) < 4.78 is 46.1. The highest BCUT2D eigenvalue weighted by Gasteiger charge is 2.32. The number of alkyl halides is 3. The van der Waals surface area contributed by atoms with Crippen molar-refractivity contribution in [3.05, 3.63) is 35.7 Å². The summed E-state index contributed by atoms with van der Waals surface area (Å²) in [6.45, 7) is 6.06. The Hall–Kier alpha value is -2.20. The van der Waals surface area contributed by atoms with Crippen molar-refractivity contribution in [2.45, 2.75) is 44.9 Å². The third kappa shape index (κ3) is 5.48. The van der Waals surface area contributed by atoms with Crippen LogP contribution in [0.25, 0.3) is 0 Å². The highest BCUT2D eigenvalue weighted by molar-refractivity contribution is 5.49. The summed E-state index contributed by atoms with van der Waals surface area (Å²) in [7, 11) is 1.64. The van der Waals surface area contributed by atoms with Crippen LogP contribution in [-0.4, -0.2) is 65.0 Å². The summed E-state index contributed by atoms with van der Waals surface area (Å²) in [5.74, 6) is 0.827. The van der Waals surface area contributed by atoms with Gasteiger partial charge in [-0.3, -0.25) is 4.90 Å². The summed E-state index contributed by atoms with van der Waals surface area (Å²) in [5.41, 5.74) is 0.0000762. The summed E-state index contributed by atoms with van der Waals surface area (Å²) in [4.78, 5) is 4.35. The van der Waals surface area contributed by atoms with Crippen molar-refractivity contribution < 1.29 is 17.9 Å². The van der Waals surface area contributed by atoms with Crippen molar-refractivity contribution >= 4 is 5.69 Å². The molecule has 1 unspecified atom stereocenters. The van der Waals surface area contributed by atoms with Crippen molar-refractivity contribution in [3.8, 4) is 0 Å². The fraction of sp³-hybridized carbons (Fsp3) is 0.650. The molecule has 0 spiro atoms. The predicted octanol–water partition coefficient (Wildman–Crippen LogP) is 3.39. The number of halogens is 3. The average molecular weight is 426 g/mol. The average Bonchev–Trinajstić information content (AvgIpc) is 3.21. The molecule has 1 aliphatic heterocycles.